The van der Waals surface area contributed by atoms with Crippen LogP contribution in [0.5, 0.6) is 0 Å². The number of hydrogen-bond acceptors (Lipinski definition) is 5. The van der Waals surface area contributed by atoms with Gasteiger partial charge in [-0.1, -0.05) is 19.9 Å². The largest absolute Gasteiger partial charge is 0.389 e. The molecule has 1 saturated carbocycles. The highest BCUT2D eigenvalue weighted by atomic mass is 32.1. The third-order valence-corrected chi connectivity index (χ3v) is 8.44. The molecule has 3 aromatic rings. The molecule has 2 heterocycles. The number of imidazole rings is 1. The van der Waals surface area contributed by atoms with E-state index in [0.29, 0.717) is 38.0 Å². The van der Waals surface area contributed by atoms with E-state index < -0.39 is 48.7 Å². The van der Waals surface area contributed by atoms with E-state index in [1.54, 1.807) is 25.1 Å². The molecule has 7 nitrogen and oxygen atoms in total. The van der Waals surface area contributed by atoms with Gasteiger partial charge in [-0.15, -0.1) is 11.3 Å². The number of H-pyrrole nitrogens is 1. The Bertz CT molecular complexity index is 1370. The van der Waals surface area contributed by atoms with Crippen molar-refractivity contribution in [1.82, 2.24) is 20.3 Å². The van der Waals surface area contributed by atoms with E-state index in [1.807, 2.05) is 13.8 Å². The highest BCUT2D eigenvalue weighted by molar-refractivity contribution is 7.14. The lowest BCUT2D eigenvalue weighted by molar-refractivity contribution is -0.144. The first-order valence-electron chi connectivity index (χ1n) is 13.2. The standard InChI is InChI=1S/C27H32F5N5O2S/c1-13(2)21-22(23(33)39)40-25(37-21)20(15-6-9-26(28,29)10-7-15)24-35-17-5-4-16(12-18(17)36-24)14(3)34-19(38)8-11-27(30,31)32/h4-5,12-15,20H,6-11H2,1-3H3,(H2,33,39)(H,34,38)(H,35,36)/t14-,20+/m1/s1. The van der Waals surface area contributed by atoms with Crippen LogP contribution in [0.4, 0.5) is 22.0 Å². The van der Waals surface area contributed by atoms with Gasteiger partial charge in [0.15, 0.2) is 0 Å². The maximum Gasteiger partial charge on any atom is 0.389 e. The van der Waals surface area contributed by atoms with E-state index in [2.05, 4.69) is 10.3 Å². The van der Waals surface area contributed by atoms with Gasteiger partial charge in [0, 0.05) is 19.3 Å². The summed E-state index contributed by atoms with van der Waals surface area (Å²) >= 11 is 1.16. The molecule has 0 unspecified atom stereocenters. The number of fused-ring (bicyclic) bond motifs is 1. The number of carbonyl (C=O) groups is 2. The lowest BCUT2D eigenvalue weighted by Crippen LogP contribution is -2.28. The number of carbonyl (C=O) groups excluding carboxylic acids is 2. The number of thiazole rings is 1. The number of aromatic amines is 1. The van der Waals surface area contributed by atoms with Gasteiger partial charge in [-0.25, -0.2) is 18.7 Å². The number of alkyl halides is 5. The SMILES string of the molecule is CC(C)c1nc([C@H](c2nc3ccc([C@@H](C)NC(=O)CCC(F)(F)F)cc3[nH]2)C2CCC(F)(F)CC2)sc1C(N)=O. The summed E-state index contributed by atoms with van der Waals surface area (Å²) in [5.74, 6) is -4.25. The summed E-state index contributed by atoms with van der Waals surface area (Å²) in [6.45, 7) is 5.46. The molecule has 0 spiro atoms. The number of nitrogens with zero attached hydrogens (tertiary/aromatic N) is 2. The zero-order valence-electron chi connectivity index (χ0n) is 22.4. The van der Waals surface area contributed by atoms with Gasteiger partial charge in [0.2, 0.25) is 11.8 Å². The van der Waals surface area contributed by atoms with Crippen molar-refractivity contribution >= 4 is 34.2 Å². The molecule has 1 aromatic carbocycles. The Labute approximate surface area is 232 Å². The fourth-order valence-electron chi connectivity index (χ4n) is 5.10. The Balaban J connectivity index is 1.66. The first-order chi connectivity index (χ1) is 18.6. The maximum absolute atomic E-state index is 14.0. The number of primary amides is 1. The Morgan fingerprint density at radius 1 is 1.18 bits per heavy atom. The minimum atomic E-state index is -4.41. The predicted octanol–water partition coefficient (Wildman–Crippen LogP) is 6.72. The van der Waals surface area contributed by atoms with Crippen molar-refractivity contribution in [2.45, 2.75) is 89.3 Å². The van der Waals surface area contributed by atoms with Gasteiger partial charge < -0.3 is 16.0 Å². The second-order valence-corrected chi connectivity index (χ2v) is 11.8. The quantitative estimate of drug-likeness (QED) is 0.242. The van der Waals surface area contributed by atoms with E-state index in [1.165, 1.54) is 0 Å². The van der Waals surface area contributed by atoms with Gasteiger partial charge in [0.05, 0.1) is 35.1 Å². The minimum Gasteiger partial charge on any atom is -0.365 e. The molecule has 1 aliphatic rings. The predicted molar refractivity (Wildman–Crippen MR) is 141 cm³/mol. The molecule has 2 atom stereocenters. The number of halogens is 5. The molecular formula is C27H32F5N5O2S. The summed E-state index contributed by atoms with van der Waals surface area (Å²) < 4.78 is 65.4. The minimum absolute atomic E-state index is 0.0742. The maximum atomic E-state index is 14.0. The monoisotopic (exact) mass is 585 g/mol. The van der Waals surface area contributed by atoms with Crippen LogP contribution in [0.25, 0.3) is 11.0 Å². The molecule has 2 amide bonds. The zero-order valence-corrected chi connectivity index (χ0v) is 23.2. The van der Waals surface area contributed by atoms with E-state index in [-0.39, 0.29) is 37.5 Å². The van der Waals surface area contributed by atoms with Crippen LogP contribution in [-0.2, 0) is 4.79 Å². The van der Waals surface area contributed by atoms with E-state index >= 15 is 0 Å². The van der Waals surface area contributed by atoms with Gasteiger partial charge in [-0.05, 0) is 49.3 Å². The van der Waals surface area contributed by atoms with Gasteiger partial charge in [-0.3, -0.25) is 9.59 Å². The molecular weight excluding hydrogens is 553 g/mol. The topological polar surface area (TPSA) is 114 Å². The molecule has 0 aliphatic heterocycles. The molecule has 4 rings (SSSR count). The summed E-state index contributed by atoms with van der Waals surface area (Å²) in [6.07, 6.45) is -6.28. The summed E-state index contributed by atoms with van der Waals surface area (Å²) in [5, 5.41) is 3.16. The third kappa shape index (κ3) is 6.97. The van der Waals surface area contributed by atoms with Crippen LogP contribution in [0.3, 0.4) is 0 Å². The molecule has 1 fully saturated rings. The summed E-state index contributed by atoms with van der Waals surface area (Å²) in [4.78, 5) is 37.3. The van der Waals surface area contributed by atoms with Gasteiger partial charge in [0.25, 0.3) is 5.91 Å². The average Bonchev–Trinajstić information content (AvgIpc) is 3.48. The van der Waals surface area contributed by atoms with E-state index in [0.717, 1.165) is 11.3 Å². The molecule has 1 aliphatic carbocycles. The van der Waals surface area contributed by atoms with Gasteiger partial charge in [-0.2, -0.15) is 13.2 Å². The number of amides is 2. The lowest BCUT2D eigenvalue weighted by atomic mass is 9.78. The van der Waals surface area contributed by atoms with Crippen molar-refractivity contribution in [3.8, 4) is 0 Å². The fourth-order valence-corrected chi connectivity index (χ4v) is 6.37. The highest BCUT2D eigenvalue weighted by Gasteiger charge is 2.41. The number of nitrogens with one attached hydrogen (secondary N) is 2. The Kier molecular flexibility index (Phi) is 8.53. The molecule has 0 bridgehead atoms. The Morgan fingerprint density at radius 2 is 1.85 bits per heavy atom. The molecule has 2 aromatic heterocycles. The number of benzene rings is 1. The third-order valence-electron chi connectivity index (χ3n) is 7.27. The van der Waals surface area contributed by atoms with Gasteiger partial charge in [0.1, 0.15) is 15.7 Å². The van der Waals surface area contributed by atoms with Gasteiger partial charge >= 0.3 is 6.18 Å². The average molecular weight is 586 g/mol. The smallest absolute Gasteiger partial charge is 0.365 e. The number of nitrogens with two attached hydrogens (primary N) is 1. The zero-order chi connectivity index (χ0) is 29.4. The number of rotatable bonds is 9. The molecule has 218 valence electrons. The fraction of sp³-hybridized carbons (Fsp3) is 0.556. The van der Waals surface area contributed by atoms with E-state index in [9.17, 15) is 31.5 Å². The summed E-state index contributed by atoms with van der Waals surface area (Å²) in [5.41, 5.74) is 8.05. The van der Waals surface area contributed by atoms with Crippen molar-refractivity contribution in [3.05, 3.63) is 45.2 Å². The first-order valence-corrected chi connectivity index (χ1v) is 14.0. The van der Waals surface area contributed by atoms with Crippen molar-refractivity contribution in [1.29, 1.82) is 0 Å². The Hall–Kier alpha value is -3.09. The normalized spacial score (nSPS) is 17.7. The molecule has 4 N–H and O–H groups in total. The summed E-state index contributed by atoms with van der Waals surface area (Å²) in [6, 6.07) is 4.65. The molecule has 0 saturated heterocycles. The lowest BCUT2D eigenvalue weighted by Gasteiger charge is -2.32. The van der Waals surface area contributed by atoms with Crippen LogP contribution in [0.2, 0.25) is 0 Å². The Morgan fingerprint density at radius 3 is 2.42 bits per heavy atom. The molecule has 40 heavy (non-hydrogen) atoms. The van der Waals surface area contributed by atoms with Crippen molar-refractivity contribution in [2.75, 3.05) is 0 Å². The van der Waals surface area contributed by atoms with Crippen molar-refractivity contribution < 1.29 is 31.5 Å². The molecule has 0 radical (unpaired) electrons. The summed E-state index contributed by atoms with van der Waals surface area (Å²) in [7, 11) is 0. The second-order valence-electron chi connectivity index (χ2n) is 10.8. The number of aromatic nitrogens is 3. The van der Waals surface area contributed by atoms with Crippen molar-refractivity contribution in [3.63, 3.8) is 0 Å². The van der Waals surface area contributed by atoms with Crippen molar-refractivity contribution in [2.24, 2.45) is 11.7 Å². The molecule has 13 heteroatoms. The first kappa shape index (κ1) is 29.9. The van der Waals surface area contributed by atoms with Crippen LogP contribution in [0, 0.1) is 5.92 Å². The van der Waals surface area contributed by atoms with Crippen LogP contribution < -0.4 is 11.1 Å². The van der Waals surface area contributed by atoms with Crippen LogP contribution in [0.1, 0.15) is 109 Å². The van der Waals surface area contributed by atoms with Crippen LogP contribution in [0.15, 0.2) is 18.2 Å². The van der Waals surface area contributed by atoms with Crippen LogP contribution >= 0.6 is 11.3 Å². The second kappa shape index (κ2) is 11.4. The highest BCUT2D eigenvalue weighted by Crippen LogP contribution is 2.46. The van der Waals surface area contributed by atoms with Crippen LogP contribution in [-0.4, -0.2) is 38.9 Å². The number of hydrogen-bond donors (Lipinski definition) is 3. The van der Waals surface area contributed by atoms with E-state index in [4.69, 9.17) is 15.7 Å².